The number of pyridine rings is 1. The van der Waals surface area contributed by atoms with Gasteiger partial charge in [0.1, 0.15) is 6.10 Å². The highest BCUT2D eigenvalue weighted by Gasteiger charge is 2.20. The highest BCUT2D eigenvalue weighted by molar-refractivity contribution is 5.40. The largest absolute Gasteiger partial charge is 0.397 e. The van der Waals surface area contributed by atoms with Gasteiger partial charge in [-0.05, 0) is 25.0 Å². The van der Waals surface area contributed by atoms with Gasteiger partial charge in [-0.25, -0.2) is 0 Å². The average Bonchev–Trinajstić information content (AvgIpc) is 2.17. The third-order valence-corrected chi connectivity index (χ3v) is 2.21. The Morgan fingerprint density at radius 1 is 1.47 bits per heavy atom. The fourth-order valence-corrected chi connectivity index (χ4v) is 1.39. The van der Waals surface area contributed by atoms with Crippen LogP contribution in [0.15, 0.2) is 12.3 Å². The van der Waals surface area contributed by atoms with E-state index >= 15 is 0 Å². The molecule has 0 spiro atoms. The molecule has 1 heterocycles. The number of aliphatic hydroxyl groups is 3. The Hall–Kier alpha value is -1.17. The summed E-state index contributed by atoms with van der Waals surface area (Å²) in [6.45, 7) is 1.58. The Labute approximate surface area is 88.2 Å². The zero-order valence-corrected chi connectivity index (χ0v) is 8.59. The fraction of sp³-hybridized carbons (Fsp3) is 0.500. The Bertz CT molecular complexity index is 330. The van der Waals surface area contributed by atoms with E-state index in [9.17, 15) is 10.2 Å². The number of anilines is 1. The first-order chi connectivity index (χ1) is 7.06. The van der Waals surface area contributed by atoms with Gasteiger partial charge in [-0.2, -0.15) is 0 Å². The number of hydrogen-bond acceptors (Lipinski definition) is 5. The number of nitrogen functional groups attached to an aromatic ring is 1. The van der Waals surface area contributed by atoms with Crippen LogP contribution in [0.4, 0.5) is 5.69 Å². The van der Waals surface area contributed by atoms with Crippen molar-refractivity contribution in [2.75, 3.05) is 12.3 Å². The number of nitrogens with zero attached hydrogens (tertiary/aromatic N) is 1. The summed E-state index contributed by atoms with van der Waals surface area (Å²) < 4.78 is 0. The molecule has 1 aromatic heterocycles. The summed E-state index contributed by atoms with van der Waals surface area (Å²) in [7, 11) is 0. The molecule has 1 rings (SSSR count). The molecule has 5 nitrogen and oxygen atoms in total. The smallest absolute Gasteiger partial charge is 0.122 e. The Balaban J connectivity index is 2.86. The van der Waals surface area contributed by atoms with Crippen LogP contribution in [0.1, 0.15) is 23.8 Å². The molecule has 5 N–H and O–H groups in total. The van der Waals surface area contributed by atoms with Gasteiger partial charge in [0.25, 0.3) is 0 Å². The van der Waals surface area contributed by atoms with Gasteiger partial charge >= 0.3 is 0 Å². The molecule has 5 heteroatoms. The van der Waals surface area contributed by atoms with Crippen molar-refractivity contribution >= 4 is 5.69 Å². The normalized spacial score (nSPS) is 14.9. The molecule has 15 heavy (non-hydrogen) atoms. The third kappa shape index (κ3) is 2.89. The molecule has 0 saturated carbocycles. The Kier molecular flexibility index (Phi) is 4.02. The molecule has 0 aliphatic heterocycles. The lowest BCUT2D eigenvalue weighted by Gasteiger charge is -2.18. The highest BCUT2D eigenvalue weighted by Crippen LogP contribution is 2.21. The van der Waals surface area contributed by atoms with Crippen molar-refractivity contribution in [3.05, 3.63) is 23.5 Å². The molecule has 0 aliphatic rings. The number of hydrogen-bond donors (Lipinski definition) is 4. The van der Waals surface area contributed by atoms with E-state index in [4.69, 9.17) is 10.8 Å². The molecule has 2 unspecified atom stereocenters. The van der Waals surface area contributed by atoms with Crippen LogP contribution in [0.3, 0.4) is 0 Å². The van der Waals surface area contributed by atoms with E-state index in [1.54, 1.807) is 13.0 Å². The van der Waals surface area contributed by atoms with Gasteiger partial charge in [0.15, 0.2) is 0 Å². The van der Waals surface area contributed by atoms with Gasteiger partial charge in [0, 0.05) is 6.61 Å². The lowest BCUT2D eigenvalue weighted by molar-refractivity contribution is 0.00157. The first-order valence-electron chi connectivity index (χ1n) is 4.75. The molecule has 0 aromatic carbocycles. The SMILES string of the molecule is Cc1cc(N)cnc1C(O)C(O)CCO. The monoisotopic (exact) mass is 212 g/mol. The number of aliphatic hydroxyl groups excluding tert-OH is 3. The van der Waals surface area contributed by atoms with E-state index in [1.807, 2.05) is 0 Å². The molecular formula is C10H16N2O3. The highest BCUT2D eigenvalue weighted by atomic mass is 16.3. The fourth-order valence-electron chi connectivity index (χ4n) is 1.39. The second-order valence-corrected chi connectivity index (χ2v) is 3.50. The van der Waals surface area contributed by atoms with Gasteiger partial charge < -0.3 is 21.1 Å². The van der Waals surface area contributed by atoms with Crippen LogP contribution >= 0.6 is 0 Å². The maximum absolute atomic E-state index is 9.73. The summed E-state index contributed by atoms with van der Waals surface area (Å²) >= 11 is 0. The van der Waals surface area contributed by atoms with Crippen LogP contribution in [-0.4, -0.2) is 33.0 Å². The molecule has 84 valence electrons. The van der Waals surface area contributed by atoms with Crippen molar-refractivity contribution in [2.24, 2.45) is 0 Å². The lowest BCUT2D eigenvalue weighted by Crippen LogP contribution is -2.21. The van der Waals surface area contributed by atoms with Gasteiger partial charge in [-0.15, -0.1) is 0 Å². The predicted molar refractivity (Wildman–Crippen MR) is 56.1 cm³/mol. The minimum Gasteiger partial charge on any atom is -0.397 e. The number of aromatic nitrogens is 1. The first-order valence-corrected chi connectivity index (χ1v) is 4.75. The molecule has 0 aliphatic carbocycles. The van der Waals surface area contributed by atoms with Gasteiger partial charge in [-0.3, -0.25) is 4.98 Å². The topological polar surface area (TPSA) is 99.6 Å². The summed E-state index contributed by atoms with van der Waals surface area (Å²) in [6, 6.07) is 1.68. The molecule has 1 aromatic rings. The summed E-state index contributed by atoms with van der Waals surface area (Å²) in [5, 5.41) is 27.8. The van der Waals surface area contributed by atoms with Crippen molar-refractivity contribution in [3.8, 4) is 0 Å². The quantitative estimate of drug-likeness (QED) is 0.551. The summed E-state index contributed by atoms with van der Waals surface area (Å²) in [6.07, 6.45) is -0.549. The predicted octanol–water partition coefficient (Wildman–Crippen LogP) is -0.251. The molecule has 2 atom stereocenters. The Morgan fingerprint density at radius 2 is 2.13 bits per heavy atom. The van der Waals surface area contributed by atoms with E-state index in [2.05, 4.69) is 4.98 Å². The molecule has 0 radical (unpaired) electrons. The molecule has 0 bridgehead atoms. The van der Waals surface area contributed by atoms with E-state index in [-0.39, 0.29) is 13.0 Å². The second-order valence-electron chi connectivity index (χ2n) is 3.50. The summed E-state index contributed by atoms with van der Waals surface area (Å²) in [5.74, 6) is 0. The lowest BCUT2D eigenvalue weighted by atomic mass is 10.0. The van der Waals surface area contributed by atoms with Crippen LogP contribution in [0, 0.1) is 6.92 Å². The maximum Gasteiger partial charge on any atom is 0.122 e. The van der Waals surface area contributed by atoms with E-state index in [1.165, 1.54) is 6.20 Å². The zero-order valence-electron chi connectivity index (χ0n) is 8.59. The van der Waals surface area contributed by atoms with Gasteiger partial charge in [-0.1, -0.05) is 0 Å². The van der Waals surface area contributed by atoms with Crippen LogP contribution in [-0.2, 0) is 0 Å². The Morgan fingerprint density at radius 3 is 2.67 bits per heavy atom. The minimum atomic E-state index is -1.09. The van der Waals surface area contributed by atoms with Crippen LogP contribution in [0.5, 0.6) is 0 Å². The van der Waals surface area contributed by atoms with E-state index < -0.39 is 12.2 Å². The van der Waals surface area contributed by atoms with Crippen molar-refractivity contribution in [3.63, 3.8) is 0 Å². The minimum absolute atomic E-state index is 0.118. The standard InChI is InChI=1S/C10H16N2O3/c1-6-4-7(11)5-12-9(6)10(15)8(14)2-3-13/h4-5,8,10,13-15H,2-3,11H2,1H3. The number of rotatable bonds is 4. The third-order valence-electron chi connectivity index (χ3n) is 2.21. The van der Waals surface area contributed by atoms with Crippen LogP contribution < -0.4 is 5.73 Å². The number of nitrogens with two attached hydrogens (primary N) is 1. The first kappa shape index (κ1) is 11.9. The van der Waals surface area contributed by atoms with Gasteiger partial charge in [0.2, 0.25) is 0 Å². The number of aryl methyl sites for hydroxylation is 1. The van der Waals surface area contributed by atoms with Crippen molar-refractivity contribution in [1.29, 1.82) is 0 Å². The molecule has 0 saturated heterocycles. The second kappa shape index (κ2) is 5.06. The van der Waals surface area contributed by atoms with Crippen LogP contribution in [0.2, 0.25) is 0 Å². The maximum atomic E-state index is 9.73. The average molecular weight is 212 g/mol. The summed E-state index contributed by atoms with van der Waals surface area (Å²) in [5.41, 5.74) is 7.15. The van der Waals surface area contributed by atoms with Gasteiger partial charge in [0.05, 0.1) is 23.7 Å². The molecule has 0 fully saturated rings. The summed E-state index contributed by atoms with van der Waals surface area (Å²) in [4.78, 5) is 3.96. The van der Waals surface area contributed by atoms with Crippen LogP contribution in [0.25, 0.3) is 0 Å². The van der Waals surface area contributed by atoms with Crippen molar-refractivity contribution < 1.29 is 15.3 Å². The van der Waals surface area contributed by atoms with E-state index in [0.717, 1.165) is 5.56 Å². The molecular weight excluding hydrogens is 196 g/mol. The van der Waals surface area contributed by atoms with Crippen molar-refractivity contribution in [1.82, 2.24) is 4.98 Å². The molecule has 0 amide bonds. The van der Waals surface area contributed by atoms with Crippen molar-refractivity contribution in [2.45, 2.75) is 25.6 Å². The zero-order chi connectivity index (χ0) is 11.4. The van der Waals surface area contributed by atoms with E-state index in [0.29, 0.717) is 11.4 Å².